The minimum atomic E-state index is -1.71. The lowest BCUT2D eigenvalue weighted by atomic mass is 9.81. The molecule has 0 unspecified atom stereocenters. The maximum atomic E-state index is 12.1. The number of rotatable bonds is 16. The Bertz CT molecular complexity index is 1180. The van der Waals surface area contributed by atoms with E-state index in [9.17, 15) is 44.4 Å². The van der Waals surface area contributed by atoms with Crippen molar-refractivity contribution in [2.75, 3.05) is 19.7 Å². The molecule has 0 saturated heterocycles. The van der Waals surface area contributed by atoms with E-state index in [4.69, 9.17) is 14.2 Å². The number of carbonyl (C=O) groups is 5. The monoisotopic (exact) mass is 606 g/mol. The molecule has 14 nitrogen and oxygen atoms in total. The molecule has 3 amide bonds. The number of nitrogens with one attached hydrogen (secondary N) is 1. The number of unbranched alkanes of at least 4 members (excludes halogenated alkanes) is 2. The Balaban J connectivity index is 1.45. The molecule has 0 bridgehead atoms. The molecular formula is C29H38N2O12. The van der Waals surface area contributed by atoms with Crippen LogP contribution >= 0.6 is 0 Å². The minimum absolute atomic E-state index is 0.0870. The van der Waals surface area contributed by atoms with E-state index in [2.05, 4.69) is 5.32 Å². The van der Waals surface area contributed by atoms with Gasteiger partial charge in [0.05, 0.1) is 18.6 Å². The average molecular weight is 607 g/mol. The highest BCUT2D eigenvalue weighted by molar-refractivity contribution is 6.12. The van der Waals surface area contributed by atoms with Crippen molar-refractivity contribution >= 4 is 29.7 Å². The fraction of sp³-hybridized carbons (Fsp3) is 0.552. The smallest absolute Gasteiger partial charge is 0.309 e. The Morgan fingerprint density at radius 2 is 1.70 bits per heavy atom. The fourth-order valence-corrected chi connectivity index (χ4v) is 4.72. The van der Waals surface area contributed by atoms with Crippen LogP contribution in [0.1, 0.15) is 51.0 Å². The number of carboxylic acid groups (broad SMARTS) is 1. The van der Waals surface area contributed by atoms with Crippen molar-refractivity contribution in [2.45, 2.75) is 76.5 Å². The summed E-state index contributed by atoms with van der Waals surface area (Å²) in [6, 6.07) is 4.58. The van der Waals surface area contributed by atoms with Gasteiger partial charge in [0, 0.05) is 56.6 Å². The molecule has 14 heteroatoms. The number of amides is 3. The van der Waals surface area contributed by atoms with Gasteiger partial charge in [-0.05, 0) is 31.4 Å². The Kier molecular flexibility index (Phi) is 12.5. The molecule has 5 N–H and O–H groups in total. The van der Waals surface area contributed by atoms with Gasteiger partial charge >= 0.3 is 11.9 Å². The van der Waals surface area contributed by atoms with Crippen LogP contribution < -0.4 is 14.8 Å². The molecule has 3 rings (SSSR count). The summed E-state index contributed by atoms with van der Waals surface area (Å²) in [5.74, 6) is -3.44. The van der Waals surface area contributed by atoms with Crippen LogP contribution in [-0.4, -0.2) is 99.1 Å². The molecule has 2 aliphatic rings. The number of nitrogens with zero attached hydrogens (tertiary/aromatic N) is 1. The summed E-state index contributed by atoms with van der Waals surface area (Å²) >= 11 is 0. The van der Waals surface area contributed by atoms with Crippen LogP contribution in [0.2, 0.25) is 0 Å². The lowest BCUT2D eigenvalue weighted by Gasteiger charge is -2.38. The SMILES string of the molecule is CC(=O)OCc1ccc(O[C@@H]2C[C@H](C(=O)O)[C@@H](O)[C@H](O)[C@H]2O)cc1OCCCNC(=O)CCCCCN1C(=O)C=CC1=O. The van der Waals surface area contributed by atoms with E-state index < -0.39 is 42.3 Å². The highest BCUT2D eigenvalue weighted by Gasteiger charge is 2.47. The van der Waals surface area contributed by atoms with Gasteiger partial charge in [0.1, 0.15) is 36.4 Å². The summed E-state index contributed by atoms with van der Waals surface area (Å²) in [6.45, 7) is 2.01. The maximum absolute atomic E-state index is 12.1. The highest BCUT2D eigenvalue weighted by atomic mass is 16.5. The first-order valence-electron chi connectivity index (χ1n) is 14.1. The third-order valence-electron chi connectivity index (χ3n) is 7.14. The Morgan fingerprint density at radius 1 is 0.977 bits per heavy atom. The van der Waals surface area contributed by atoms with Crippen molar-refractivity contribution in [2.24, 2.45) is 5.92 Å². The molecular weight excluding hydrogens is 568 g/mol. The number of imide groups is 1. The van der Waals surface area contributed by atoms with Crippen LogP contribution in [0.3, 0.4) is 0 Å². The number of esters is 1. The first kappa shape index (κ1) is 33.5. The number of aliphatic hydroxyl groups is 3. The largest absolute Gasteiger partial charge is 0.493 e. The summed E-state index contributed by atoms with van der Waals surface area (Å²) in [6.07, 6.45) is -1.12. The van der Waals surface area contributed by atoms with Gasteiger partial charge in [0.2, 0.25) is 5.91 Å². The summed E-state index contributed by atoms with van der Waals surface area (Å²) < 4.78 is 16.7. The van der Waals surface area contributed by atoms with E-state index in [-0.39, 0.29) is 43.1 Å². The van der Waals surface area contributed by atoms with Crippen LogP contribution in [0, 0.1) is 5.92 Å². The molecule has 5 atom stereocenters. The van der Waals surface area contributed by atoms with Crippen molar-refractivity contribution in [1.82, 2.24) is 10.2 Å². The first-order valence-corrected chi connectivity index (χ1v) is 14.1. The molecule has 236 valence electrons. The van der Waals surface area contributed by atoms with Gasteiger partial charge in [-0.15, -0.1) is 0 Å². The summed E-state index contributed by atoms with van der Waals surface area (Å²) in [5, 5.41) is 42.6. The molecule has 1 aromatic rings. The maximum Gasteiger partial charge on any atom is 0.309 e. The van der Waals surface area contributed by atoms with Gasteiger partial charge in [-0.25, -0.2) is 0 Å². The quantitative estimate of drug-likeness (QED) is 0.0961. The third-order valence-corrected chi connectivity index (χ3v) is 7.14. The predicted molar refractivity (Wildman–Crippen MR) is 148 cm³/mol. The van der Waals surface area contributed by atoms with E-state index in [0.717, 1.165) is 0 Å². The zero-order chi connectivity index (χ0) is 31.5. The molecule has 1 saturated carbocycles. The number of carbonyl (C=O) groups excluding carboxylic acids is 4. The van der Waals surface area contributed by atoms with Crippen molar-refractivity contribution < 1.29 is 58.6 Å². The van der Waals surface area contributed by atoms with Crippen molar-refractivity contribution in [3.63, 3.8) is 0 Å². The number of aliphatic carboxylic acids is 1. The zero-order valence-corrected chi connectivity index (χ0v) is 23.8. The molecule has 1 aromatic carbocycles. The Labute approximate surface area is 248 Å². The zero-order valence-electron chi connectivity index (χ0n) is 23.8. The third kappa shape index (κ3) is 9.76. The minimum Gasteiger partial charge on any atom is -0.493 e. The van der Waals surface area contributed by atoms with Gasteiger partial charge in [-0.3, -0.25) is 28.9 Å². The number of benzene rings is 1. The van der Waals surface area contributed by atoms with Gasteiger partial charge in [0.15, 0.2) is 0 Å². The van der Waals surface area contributed by atoms with E-state index in [1.165, 1.54) is 36.1 Å². The van der Waals surface area contributed by atoms with Crippen LogP contribution in [-0.2, 0) is 35.3 Å². The van der Waals surface area contributed by atoms with Crippen LogP contribution in [0.5, 0.6) is 11.5 Å². The lowest BCUT2D eigenvalue weighted by Crippen LogP contribution is -2.57. The standard InChI is InChI=1S/C29H38N2O12/c1-17(32)42-16-18-7-8-19(43-22-15-20(29(39)40)26(36)28(38)27(22)37)14-21(18)41-13-5-11-30-23(33)6-3-2-4-12-31-24(34)9-10-25(31)35/h7-10,14,20,22,26-28,36-38H,2-6,11-13,15-16H2,1H3,(H,30,33)(H,39,40)/t20-,22+,26+,27-,28-/m0/s1. The van der Waals surface area contributed by atoms with Crippen molar-refractivity contribution in [1.29, 1.82) is 0 Å². The number of carboxylic acids is 1. The van der Waals surface area contributed by atoms with E-state index >= 15 is 0 Å². The van der Waals surface area contributed by atoms with Gasteiger partial charge < -0.3 is 40.0 Å². The van der Waals surface area contributed by atoms with Crippen LogP contribution in [0.4, 0.5) is 0 Å². The summed E-state index contributed by atoms with van der Waals surface area (Å²) in [5.41, 5.74) is 0.516. The average Bonchev–Trinajstić information content (AvgIpc) is 3.28. The first-order chi connectivity index (χ1) is 20.5. The van der Waals surface area contributed by atoms with Crippen molar-refractivity contribution in [3.05, 3.63) is 35.9 Å². The number of ether oxygens (including phenoxy) is 3. The Hall–Kier alpha value is -4.01. The number of hydrogen-bond acceptors (Lipinski definition) is 11. The molecule has 1 aliphatic heterocycles. The molecule has 0 spiro atoms. The highest BCUT2D eigenvalue weighted by Crippen LogP contribution is 2.32. The van der Waals surface area contributed by atoms with Crippen LogP contribution in [0.15, 0.2) is 30.4 Å². The molecule has 0 aromatic heterocycles. The number of aliphatic hydroxyl groups excluding tert-OH is 3. The summed E-state index contributed by atoms with van der Waals surface area (Å²) in [4.78, 5) is 59.2. The van der Waals surface area contributed by atoms with Crippen LogP contribution in [0.25, 0.3) is 0 Å². The van der Waals surface area contributed by atoms with E-state index in [1.807, 2.05) is 0 Å². The lowest BCUT2D eigenvalue weighted by molar-refractivity contribution is -0.174. The second-order valence-corrected chi connectivity index (χ2v) is 10.4. The molecule has 0 radical (unpaired) electrons. The Morgan fingerprint density at radius 3 is 2.37 bits per heavy atom. The van der Waals surface area contributed by atoms with E-state index in [0.29, 0.717) is 56.5 Å². The van der Waals surface area contributed by atoms with Gasteiger partial charge in [0.25, 0.3) is 11.8 Å². The topological polar surface area (TPSA) is 209 Å². The molecule has 1 fully saturated rings. The van der Waals surface area contributed by atoms with Crippen molar-refractivity contribution in [3.8, 4) is 11.5 Å². The van der Waals surface area contributed by atoms with Gasteiger partial charge in [-0.2, -0.15) is 0 Å². The predicted octanol–water partition coefficient (Wildman–Crippen LogP) is 0.0548. The summed E-state index contributed by atoms with van der Waals surface area (Å²) in [7, 11) is 0. The molecule has 1 aliphatic carbocycles. The normalized spacial score (nSPS) is 23.3. The van der Waals surface area contributed by atoms with Gasteiger partial charge in [-0.1, -0.05) is 6.42 Å². The second kappa shape index (κ2) is 16.0. The van der Waals surface area contributed by atoms with E-state index in [1.54, 1.807) is 6.07 Å². The number of hydrogen-bond donors (Lipinski definition) is 5. The second-order valence-electron chi connectivity index (χ2n) is 10.4. The molecule has 43 heavy (non-hydrogen) atoms. The fourth-order valence-electron chi connectivity index (χ4n) is 4.72. The molecule has 1 heterocycles.